The number of halogens is 1. The number of aromatic nitrogens is 4. The van der Waals surface area contributed by atoms with Crippen LogP contribution in [0.2, 0.25) is 5.02 Å². The van der Waals surface area contributed by atoms with E-state index in [2.05, 4.69) is 20.6 Å². The number of ether oxygens (including phenoxy) is 2. The molecule has 0 aliphatic carbocycles. The minimum absolute atomic E-state index is 0.0174. The molecule has 2 aromatic heterocycles. The summed E-state index contributed by atoms with van der Waals surface area (Å²) in [6.45, 7) is 1.95. The maximum Gasteiger partial charge on any atom is 0.280 e. The van der Waals surface area contributed by atoms with Gasteiger partial charge >= 0.3 is 0 Å². The Kier molecular flexibility index (Phi) is 6.18. The molecule has 3 N–H and O–H groups in total. The van der Waals surface area contributed by atoms with Gasteiger partial charge in [-0.15, -0.1) is 5.10 Å². The second kappa shape index (κ2) is 9.21. The fourth-order valence-corrected chi connectivity index (χ4v) is 3.34. The number of nitrogen functional groups attached to an aromatic ring is 1. The zero-order valence-electron chi connectivity index (χ0n) is 18.1. The van der Waals surface area contributed by atoms with E-state index in [0.717, 1.165) is 0 Å². The van der Waals surface area contributed by atoms with Crippen LogP contribution in [0.4, 0.5) is 11.5 Å². The molecule has 4 rings (SSSR count). The maximum absolute atomic E-state index is 12.6. The summed E-state index contributed by atoms with van der Waals surface area (Å²) in [5.74, 6) is 1.71. The Labute approximate surface area is 194 Å². The van der Waals surface area contributed by atoms with E-state index in [1.165, 1.54) is 4.68 Å². The van der Waals surface area contributed by atoms with Gasteiger partial charge in [-0.1, -0.05) is 28.9 Å². The second-order valence-corrected chi connectivity index (χ2v) is 7.41. The van der Waals surface area contributed by atoms with E-state index >= 15 is 0 Å². The molecule has 1 amide bonds. The summed E-state index contributed by atoms with van der Waals surface area (Å²) >= 11 is 6.09. The second-order valence-electron chi connectivity index (χ2n) is 7.01. The van der Waals surface area contributed by atoms with Crippen molar-refractivity contribution in [2.24, 2.45) is 0 Å². The Morgan fingerprint density at radius 2 is 1.94 bits per heavy atom. The fraction of sp³-hybridized carbons (Fsp3) is 0.182. The molecule has 0 saturated heterocycles. The van der Waals surface area contributed by atoms with E-state index in [-0.39, 0.29) is 18.1 Å². The normalized spacial score (nSPS) is 10.8. The average Bonchev–Trinajstić information content (AvgIpc) is 3.37. The minimum Gasteiger partial charge on any atom is -0.493 e. The molecule has 0 saturated carbocycles. The zero-order chi connectivity index (χ0) is 23.5. The van der Waals surface area contributed by atoms with Crippen molar-refractivity contribution in [1.82, 2.24) is 20.0 Å². The molecule has 11 heteroatoms. The van der Waals surface area contributed by atoms with Gasteiger partial charge in [-0.25, -0.2) is 9.67 Å². The molecule has 0 fully saturated rings. The lowest BCUT2D eigenvalue weighted by Gasteiger charge is -2.07. The van der Waals surface area contributed by atoms with Crippen LogP contribution < -0.4 is 20.5 Å². The molecule has 170 valence electrons. The van der Waals surface area contributed by atoms with Crippen LogP contribution in [0.25, 0.3) is 11.5 Å². The van der Waals surface area contributed by atoms with Gasteiger partial charge in [0.2, 0.25) is 5.89 Å². The lowest BCUT2D eigenvalue weighted by molar-refractivity contribution is 0.102. The van der Waals surface area contributed by atoms with Crippen LogP contribution in [0.3, 0.4) is 0 Å². The number of para-hydroxylation sites is 1. The van der Waals surface area contributed by atoms with Gasteiger partial charge in [0.15, 0.2) is 23.0 Å². The first-order chi connectivity index (χ1) is 15.9. The molecular formula is C22H21ClN6O4. The molecule has 10 nitrogen and oxygen atoms in total. The van der Waals surface area contributed by atoms with E-state index in [1.807, 2.05) is 6.07 Å². The number of aryl methyl sites for hydroxylation is 1. The van der Waals surface area contributed by atoms with Gasteiger partial charge in [0.1, 0.15) is 11.5 Å². The summed E-state index contributed by atoms with van der Waals surface area (Å²) in [6, 6.07) is 12.2. The van der Waals surface area contributed by atoms with E-state index in [0.29, 0.717) is 45.1 Å². The molecule has 33 heavy (non-hydrogen) atoms. The van der Waals surface area contributed by atoms with Gasteiger partial charge < -0.3 is 24.9 Å². The van der Waals surface area contributed by atoms with E-state index in [9.17, 15) is 4.79 Å². The summed E-state index contributed by atoms with van der Waals surface area (Å²) in [5, 5.41) is 11.0. The van der Waals surface area contributed by atoms with Crippen molar-refractivity contribution in [3.63, 3.8) is 0 Å². The number of hydrogen-bond acceptors (Lipinski definition) is 8. The lowest BCUT2D eigenvalue weighted by Crippen LogP contribution is -2.15. The molecule has 2 aromatic carbocycles. The van der Waals surface area contributed by atoms with Crippen LogP contribution in [0.15, 0.2) is 46.9 Å². The molecule has 0 unspecified atom stereocenters. The van der Waals surface area contributed by atoms with Crippen molar-refractivity contribution in [1.29, 1.82) is 0 Å². The highest BCUT2D eigenvalue weighted by atomic mass is 35.5. The summed E-state index contributed by atoms with van der Waals surface area (Å²) in [6.07, 6.45) is 0. The Hall–Kier alpha value is -4.05. The van der Waals surface area contributed by atoms with E-state index < -0.39 is 5.91 Å². The SMILES string of the molecule is COc1ccc(-c2nc(Cn3nnc(C(=O)Nc4ccccc4Cl)c3N)c(C)o2)cc1OC. The number of hydrogen-bond donors (Lipinski definition) is 2. The first-order valence-electron chi connectivity index (χ1n) is 9.84. The van der Waals surface area contributed by atoms with Gasteiger partial charge in [-0.05, 0) is 37.3 Å². The fourth-order valence-electron chi connectivity index (χ4n) is 3.15. The predicted octanol–water partition coefficient (Wildman–Crippen LogP) is 3.79. The Bertz CT molecular complexity index is 1320. The van der Waals surface area contributed by atoms with Crippen molar-refractivity contribution in [3.8, 4) is 23.0 Å². The monoisotopic (exact) mass is 468 g/mol. The van der Waals surface area contributed by atoms with Crippen LogP contribution in [0.1, 0.15) is 21.9 Å². The van der Waals surface area contributed by atoms with Gasteiger partial charge in [0, 0.05) is 5.56 Å². The number of methoxy groups -OCH3 is 2. The Morgan fingerprint density at radius 1 is 1.18 bits per heavy atom. The largest absolute Gasteiger partial charge is 0.493 e. The number of nitrogens with two attached hydrogens (primary N) is 1. The number of rotatable bonds is 7. The van der Waals surface area contributed by atoms with Crippen LogP contribution in [0.5, 0.6) is 11.5 Å². The molecule has 4 aromatic rings. The summed E-state index contributed by atoms with van der Waals surface area (Å²) in [5.41, 5.74) is 7.88. The standard InChI is InChI=1S/C22H21ClN6O4/c1-12-16(26-22(33-12)13-8-9-17(31-2)18(10-13)32-3)11-29-20(24)19(27-28-29)21(30)25-15-7-5-4-6-14(15)23/h4-10H,11,24H2,1-3H3,(H,25,30). The maximum atomic E-state index is 12.6. The molecule has 0 aliphatic rings. The number of amides is 1. The average molecular weight is 469 g/mol. The van der Waals surface area contributed by atoms with Crippen molar-refractivity contribution < 1.29 is 18.7 Å². The molecule has 0 bridgehead atoms. The van der Waals surface area contributed by atoms with Crippen molar-refractivity contribution in [2.75, 3.05) is 25.3 Å². The van der Waals surface area contributed by atoms with Crippen molar-refractivity contribution in [2.45, 2.75) is 13.5 Å². The molecule has 2 heterocycles. The number of anilines is 2. The van der Waals surface area contributed by atoms with Crippen molar-refractivity contribution in [3.05, 3.63) is 64.6 Å². The van der Waals surface area contributed by atoms with Crippen LogP contribution in [-0.2, 0) is 6.54 Å². The molecule has 0 aliphatic heterocycles. The minimum atomic E-state index is -0.519. The molecule has 0 radical (unpaired) electrons. The predicted molar refractivity (Wildman–Crippen MR) is 123 cm³/mol. The van der Waals surface area contributed by atoms with Gasteiger partial charge in [-0.3, -0.25) is 4.79 Å². The Balaban J connectivity index is 1.55. The lowest BCUT2D eigenvalue weighted by atomic mass is 10.2. The third-order valence-corrected chi connectivity index (χ3v) is 5.26. The number of oxazole rings is 1. The molecule has 0 spiro atoms. The molecular weight excluding hydrogens is 448 g/mol. The summed E-state index contributed by atoms with van der Waals surface area (Å²) < 4.78 is 17.8. The first kappa shape index (κ1) is 22.2. The van der Waals surface area contributed by atoms with Gasteiger partial charge in [0.25, 0.3) is 5.91 Å². The third-order valence-electron chi connectivity index (χ3n) is 4.93. The number of nitrogens with one attached hydrogen (secondary N) is 1. The highest BCUT2D eigenvalue weighted by molar-refractivity contribution is 6.33. The van der Waals surface area contributed by atoms with Crippen molar-refractivity contribution >= 4 is 29.0 Å². The number of carbonyl (C=O) groups excluding carboxylic acids is 1. The number of nitrogens with zero attached hydrogens (tertiary/aromatic N) is 4. The van der Waals surface area contributed by atoms with Gasteiger partial charge in [0.05, 0.1) is 31.5 Å². The van der Waals surface area contributed by atoms with Crippen LogP contribution >= 0.6 is 11.6 Å². The topological polar surface area (TPSA) is 130 Å². The smallest absolute Gasteiger partial charge is 0.280 e. The zero-order valence-corrected chi connectivity index (χ0v) is 18.9. The summed E-state index contributed by atoms with van der Waals surface area (Å²) in [7, 11) is 3.12. The van der Waals surface area contributed by atoms with E-state index in [1.54, 1.807) is 57.5 Å². The Morgan fingerprint density at radius 3 is 2.67 bits per heavy atom. The first-order valence-corrected chi connectivity index (χ1v) is 10.2. The summed E-state index contributed by atoms with van der Waals surface area (Å²) in [4.78, 5) is 17.2. The highest BCUT2D eigenvalue weighted by Gasteiger charge is 2.21. The highest BCUT2D eigenvalue weighted by Crippen LogP contribution is 2.32. The van der Waals surface area contributed by atoms with Gasteiger partial charge in [-0.2, -0.15) is 0 Å². The number of carbonyl (C=O) groups is 1. The van der Waals surface area contributed by atoms with E-state index in [4.69, 9.17) is 31.2 Å². The third kappa shape index (κ3) is 4.46. The number of benzene rings is 2. The van der Waals surface area contributed by atoms with Crippen LogP contribution in [-0.4, -0.2) is 40.1 Å². The molecule has 0 atom stereocenters. The quantitative estimate of drug-likeness (QED) is 0.419. The van der Waals surface area contributed by atoms with Crippen LogP contribution in [0, 0.1) is 6.92 Å².